The van der Waals surface area contributed by atoms with E-state index in [-0.39, 0.29) is 12.0 Å². The van der Waals surface area contributed by atoms with Crippen molar-refractivity contribution in [2.24, 2.45) is 0 Å². The summed E-state index contributed by atoms with van der Waals surface area (Å²) in [5.74, 6) is -1.28. The predicted octanol–water partition coefficient (Wildman–Crippen LogP) is 1.48. The van der Waals surface area contributed by atoms with E-state index in [0.717, 1.165) is 31.9 Å². The summed E-state index contributed by atoms with van der Waals surface area (Å²) in [4.78, 5) is 26.4. The molecule has 0 bridgehead atoms. The van der Waals surface area contributed by atoms with Crippen LogP contribution in [0.1, 0.15) is 35.2 Å². The molecule has 112 valence electrons. The lowest BCUT2D eigenvalue weighted by molar-refractivity contribution is -0.131. The summed E-state index contributed by atoms with van der Waals surface area (Å²) in [5.41, 5.74) is 0.970. The van der Waals surface area contributed by atoms with E-state index in [1.54, 1.807) is 6.07 Å². The number of pyridine rings is 1. The van der Waals surface area contributed by atoms with E-state index >= 15 is 0 Å². The second-order valence-electron chi connectivity index (χ2n) is 4.88. The van der Waals surface area contributed by atoms with Crippen LogP contribution in [0.5, 0.6) is 0 Å². The average Bonchev–Trinajstić information content (AvgIpc) is 2.52. The van der Waals surface area contributed by atoms with Gasteiger partial charge in [0.25, 0.3) is 5.91 Å². The minimum Gasteiger partial charge on any atom is -0.478 e. The van der Waals surface area contributed by atoms with Crippen molar-refractivity contribution >= 4 is 18.0 Å². The molecule has 0 spiro atoms. The van der Waals surface area contributed by atoms with Crippen LogP contribution in [0.3, 0.4) is 0 Å². The highest BCUT2D eigenvalue weighted by Gasteiger charge is 2.15. The number of hydrogen-bond donors (Lipinski definition) is 2. The van der Waals surface area contributed by atoms with Gasteiger partial charge in [0.2, 0.25) is 0 Å². The van der Waals surface area contributed by atoms with Crippen LogP contribution in [0.25, 0.3) is 6.08 Å². The molecule has 0 aliphatic carbocycles. The van der Waals surface area contributed by atoms with Crippen LogP contribution in [-0.4, -0.2) is 41.2 Å². The first kappa shape index (κ1) is 15.2. The van der Waals surface area contributed by atoms with E-state index in [4.69, 9.17) is 9.84 Å². The molecule has 6 heteroatoms. The molecule has 1 aromatic heterocycles. The maximum Gasteiger partial charge on any atom is 0.328 e. The highest BCUT2D eigenvalue weighted by molar-refractivity contribution is 5.94. The zero-order valence-electron chi connectivity index (χ0n) is 11.6. The lowest BCUT2D eigenvalue weighted by Gasteiger charge is -2.22. The first-order valence-corrected chi connectivity index (χ1v) is 6.91. The van der Waals surface area contributed by atoms with Crippen LogP contribution in [0, 0.1) is 0 Å². The lowest BCUT2D eigenvalue weighted by Crippen LogP contribution is -2.35. The number of amides is 1. The van der Waals surface area contributed by atoms with Gasteiger partial charge in [0.1, 0.15) is 0 Å². The molecule has 1 fully saturated rings. The van der Waals surface area contributed by atoms with Crippen molar-refractivity contribution in [3.63, 3.8) is 0 Å². The molecule has 1 aliphatic rings. The normalized spacial score (nSPS) is 18.6. The number of ether oxygens (including phenoxy) is 1. The van der Waals surface area contributed by atoms with Gasteiger partial charge in [-0.1, -0.05) is 0 Å². The summed E-state index contributed by atoms with van der Waals surface area (Å²) in [6.07, 6.45) is 8.59. The number of rotatable bonds is 5. The molecule has 1 aromatic rings. The molecule has 1 saturated heterocycles. The smallest absolute Gasteiger partial charge is 0.328 e. The molecule has 1 atom stereocenters. The fraction of sp³-hybridized carbons (Fsp3) is 0.400. The molecule has 0 radical (unpaired) electrons. The van der Waals surface area contributed by atoms with E-state index in [0.29, 0.717) is 17.7 Å². The Morgan fingerprint density at radius 2 is 2.29 bits per heavy atom. The average molecular weight is 290 g/mol. The minimum atomic E-state index is -1.04. The standard InChI is InChI=1S/C15H18N2O4/c18-14(19)5-4-11-7-12(9-16-8-11)15(20)17-10-13-3-1-2-6-21-13/h4-5,7-9,13H,1-3,6,10H2,(H,17,20)(H,18,19). The van der Waals surface area contributed by atoms with Crippen molar-refractivity contribution in [2.75, 3.05) is 13.2 Å². The summed E-state index contributed by atoms with van der Waals surface area (Å²) in [6, 6.07) is 1.60. The Labute approximate surface area is 122 Å². The summed E-state index contributed by atoms with van der Waals surface area (Å²) < 4.78 is 5.55. The third kappa shape index (κ3) is 5.00. The second-order valence-corrected chi connectivity index (χ2v) is 4.88. The first-order valence-electron chi connectivity index (χ1n) is 6.91. The van der Waals surface area contributed by atoms with E-state index in [2.05, 4.69) is 10.3 Å². The molecule has 1 unspecified atom stereocenters. The molecule has 0 saturated carbocycles. The SMILES string of the molecule is O=C(O)C=Cc1cncc(C(=O)NCC2CCCCO2)c1. The zero-order chi connectivity index (χ0) is 15.1. The number of carbonyl (C=O) groups excluding carboxylic acids is 1. The Hall–Kier alpha value is -2.21. The Kier molecular flexibility index (Phi) is 5.45. The van der Waals surface area contributed by atoms with Crippen molar-refractivity contribution in [3.05, 3.63) is 35.7 Å². The quantitative estimate of drug-likeness (QED) is 0.802. The van der Waals surface area contributed by atoms with Crippen molar-refractivity contribution in [1.29, 1.82) is 0 Å². The van der Waals surface area contributed by atoms with Gasteiger partial charge < -0.3 is 15.2 Å². The predicted molar refractivity (Wildman–Crippen MR) is 76.8 cm³/mol. The van der Waals surface area contributed by atoms with Gasteiger partial charge in [0.15, 0.2) is 0 Å². The molecule has 1 aliphatic heterocycles. The molecule has 21 heavy (non-hydrogen) atoms. The number of carboxylic acids is 1. The zero-order valence-corrected chi connectivity index (χ0v) is 11.6. The van der Waals surface area contributed by atoms with E-state index in [9.17, 15) is 9.59 Å². The largest absolute Gasteiger partial charge is 0.478 e. The van der Waals surface area contributed by atoms with Crippen LogP contribution >= 0.6 is 0 Å². The first-order chi connectivity index (χ1) is 10.1. The topological polar surface area (TPSA) is 88.5 Å². The lowest BCUT2D eigenvalue weighted by atomic mass is 10.1. The molecule has 2 N–H and O–H groups in total. The number of hydrogen-bond acceptors (Lipinski definition) is 4. The van der Waals surface area contributed by atoms with Crippen LogP contribution < -0.4 is 5.32 Å². The van der Waals surface area contributed by atoms with Crippen LogP contribution in [-0.2, 0) is 9.53 Å². The maximum atomic E-state index is 12.0. The monoisotopic (exact) mass is 290 g/mol. The summed E-state index contributed by atoms with van der Waals surface area (Å²) >= 11 is 0. The molecular formula is C15H18N2O4. The van der Waals surface area contributed by atoms with Gasteiger partial charge in [0.05, 0.1) is 11.7 Å². The molecule has 1 amide bonds. The molecule has 2 rings (SSSR count). The molecule has 2 heterocycles. The molecule has 6 nitrogen and oxygen atoms in total. The van der Waals surface area contributed by atoms with E-state index < -0.39 is 5.97 Å². The Bertz CT molecular complexity index is 536. The van der Waals surface area contributed by atoms with Crippen LogP contribution in [0.4, 0.5) is 0 Å². The maximum absolute atomic E-state index is 12.0. The third-order valence-electron chi connectivity index (χ3n) is 3.20. The van der Waals surface area contributed by atoms with Crippen LogP contribution in [0.2, 0.25) is 0 Å². The highest BCUT2D eigenvalue weighted by atomic mass is 16.5. The Morgan fingerprint density at radius 1 is 1.43 bits per heavy atom. The van der Waals surface area contributed by atoms with Crippen molar-refractivity contribution in [2.45, 2.75) is 25.4 Å². The van der Waals surface area contributed by atoms with Crippen LogP contribution in [0.15, 0.2) is 24.5 Å². The molecular weight excluding hydrogens is 272 g/mol. The number of aliphatic carboxylic acids is 1. The third-order valence-corrected chi connectivity index (χ3v) is 3.20. The second kappa shape index (κ2) is 7.54. The fourth-order valence-electron chi connectivity index (χ4n) is 2.12. The summed E-state index contributed by atoms with van der Waals surface area (Å²) in [7, 11) is 0. The van der Waals surface area contributed by atoms with Gasteiger partial charge in [0, 0.05) is 31.6 Å². The van der Waals surface area contributed by atoms with Gasteiger partial charge in [-0.15, -0.1) is 0 Å². The minimum absolute atomic E-state index is 0.0748. The van der Waals surface area contributed by atoms with E-state index in [1.807, 2.05) is 0 Å². The Balaban J connectivity index is 1.92. The van der Waals surface area contributed by atoms with Gasteiger partial charge in [-0.25, -0.2) is 4.79 Å². The fourth-order valence-corrected chi connectivity index (χ4v) is 2.12. The van der Waals surface area contributed by atoms with Gasteiger partial charge in [-0.3, -0.25) is 9.78 Å². The number of aromatic nitrogens is 1. The number of carbonyl (C=O) groups is 2. The number of carboxylic acid groups (broad SMARTS) is 1. The van der Waals surface area contributed by atoms with Crippen molar-refractivity contribution in [1.82, 2.24) is 10.3 Å². The van der Waals surface area contributed by atoms with Gasteiger partial charge in [-0.05, 0) is 37.0 Å². The summed E-state index contributed by atoms with van der Waals surface area (Å²) in [5, 5.41) is 11.4. The van der Waals surface area contributed by atoms with Gasteiger partial charge >= 0.3 is 5.97 Å². The Morgan fingerprint density at radius 3 is 3.00 bits per heavy atom. The van der Waals surface area contributed by atoms with E-state index in [1.165, 1.54) is 18.5 Å². The number of nitrogens with one attached hydrogen (secondary N) is 1. The van der Waals surface area contributed by atoms with Crippen molar-refractivity contribution in [3.8, 4) is 0 Å². The molecule has 0 aromatic carbocycles. The summed E-state index contributed by atoms with van der Waals surface area (Å²) in [6.45, 7) is 1.23. The highest BCUT2D eigenvalue weighted by Crippen LogP contribution is 2.12. The van der Waals surface area contributed by atoms with Crippen molar-refractivity contribution < 1.29 is 19.4 Å². The number of nitrogens with zero attached hydrogens (tertiary/aromatic N) is 1. The van der Waals surface area contributed by atoms with Gasteiger partial charge in [-0.2, -0.15) is 0 Å².